The maximum absolute atomic E-state index is 15.0. The summed E-state index contributed by atoms with van der Waals surface area (Å²) in [5.41, 5.74) is 4.10. The van der Waals surface area contributed by atoms with Gasteiger partial charge in [0.25, 0.3) is 0 Å². The Labute approximate surface area is 242 Å². The van der Waals surface area contributed by atoms with Crippen LogP contribution in [0.1, 0.15) is 48.1 Å². The Kier molecular flexibility index (Phi) is 8.62. The third-order valence-corrected chi connectivity index (χ3v) is 6.97. The number of aliphatic hydroxyl groups excluding tert-OH is 1. The van der Waals surface area contributed by atoms with E-state index in [0.717, 1.165) is 24.1 Å². The van der Waals surface area contributed by atoms with Crippen molar-refractivity contribution in [3.63, 3.8) is 0 Å². The van der Waals surface area contributed by atoms with E-state index < -0.39 is 11.6 Å². The van der Waals surface area contributed by atoms with Crippen molar-refractivity contribution in [2.24, 2.45) is 0 Å². The van der Waals surface area contributed by atoms with Gasteiger partial charge in [-0.2, -0.15) is 5.10 Å². The Morgan fingerprint density at radius 1 is 1.21 bits per heavy atom. The number of nitrogens with one attached hydrogen (secondary N) is 2. The lowest BCUT2D eigenvalue weighted by molar-refractivity contribution is 0.299. The van der Waals surface area contributed by atoms with Gasteiger partial charge in [-0.15, -0.1) is 0 Å². The molecule has 1 aliphatic rings. The number of hydrogen-bond acceptors (Lipinski definition) is 9. The van der Waals surface area contributed by atoms with Crippen molar-refractivity contribution in [2.75, 3.05) is 32.2 Å². The zero-order valence-electron chi connectivity index (χ0n) is 23.7. The number of benzene rings is 1. The molecule has 3 N–H and O–H groups in total. The molecule has 0 radical (unpaired) electrons. The summed E-state index contributed by atoms with van der Waals surface area (Å²) in [5.74, 6) is 0.122. The van der Waals surface area contributed by atoms with Gasteiger partial charge in [-0.1, -0.05) is 6.58 Å². The molecular weight excluding hydrogens is 544 g/mol. The molecule has 0 amide bonds. The van der Waals surface area contributed by atoms with Gasteiger partial charge < -0.3 is 25.2 Å². The van der Waals surface area contributed by atoms with Crippen LogP contribution in [0, 0.1) is 18.6 Å². The number of aliphatic hydroxyl groups is 1. The summed E-state index contributed by atoms with van der Waals surface area (Å²) in [4.78, 5) is 13.4. The fourth-order valence-corrected chi connectivity index (χ4v) is 4.80. The van der Waals surface area contributed by atoms with Crippen LogP contribution in [0.25, 0.3) is 17.2 Å². The predicted octanol–water partition coefficient (Wildman–Crippen LogP) is 4.95. The van der Waals surface area contributed by atoms with Gasteiger partial charge in [0, 0.05) is 65.1 Å². The molecule has 0 unspecified atom stereocenters. The molecule has 0 spiro atoms. The number of nitrogens with zero attached hydrogens (tertiary/aromatic N) is 5. The highest BCUT2D eigenvalue weighted by atomic mass is 19.1. The maximum Gasteiger partial charge on any atom is 0.182 e. The van der Waals surface area contributed by atoms with Crippen molar-refractivity contribution in [1.82, 2.24) is 30.0 Å². The van der Waals surface area contributed by atoms with Crippen LogP contribution >= 0.6 is 0 Å². The monoisotopic (exact) mass is 577 g/mol. The van der Waals surface area contributed by atoms with Crippen LogP contribution in [0.4, 0.5) is 20.3 Å². The van der Waals surface area contributed by atoms with E-state index >= 15 is 0 Å². The van der Waals surface area contributed by atoms with Crippen LogP contribution in [0.3, 0.4) is 0 Å². The van der Waals surface area contributed by atoms with Gasteiger partial charge >= 0.3 is 0 Å². The highest BCUT2D eigenvalue weighted by Gasteiger charge is 2.32. The number of aromatic nitrogens is 5. The summed E-state index contributed by atoms with van der Waals surface area (Å²) in [6, 6.07) is 4.16. The average Bonchev–Trinajstić information content (AvgIpc) is 3.76. The number of methoxy groups -OCH3 is 1. The molecule has 0 bridgehead atoms. The van der Waals surface area contributed by atoms with E-state index in [9.17, 15) is 13.9 Å². The number of rotatable bonds is 13. The van der Waals surface area contributed by atoms with Crippen LogP contribution in [0.15, 0.2) is 43.4 Å². The number of ether oxygens (including phenoxy) is 2. The minimum absolute atomic E-state index is 0.0438. The zero-order valence-corrected chi connectivity index (χ0v) is 23.7. The molecular formula is C30H33F2N7O3. The molecule has 1 fully saturated rings. The summed E-state index contributed by atoms with van der Waals surface area (Å²) in [6.45, 7) is 8.24. The average molecular weight is 578 g/mol. The van der Waals surface area contributed by atoms with Crippen LogP contribution in [-0.4, -0.2) is 56.7 Å². The van der Waals surface area contributed by atoms with Gasteiger partial charge in [-0.05, 0) is 32.8 Å². The standard InChI is InChI=1S/C30H33F2N7O3/c1-5-42-20-12-23(31)22(24(32)13-20)16-39-28(19-6-7-19)17(2)27(38-39)30-35-15-26(41-4)29(37-30)36-25-8-9-33-14-21(25)18(3)34-10-11-40/h8-9,12-15,19,34,40H,3,5-7,10-11,16H2,1-2,4H3,(H,33,35,36,37). The second-order valence-electron chi connectivity index (χ2n) is 9.88. The fourth-order valence-electron chi connectivity index (χ4n) is 4.80. The maximum atomic E-state index is 15.0. The van der Waals surface area contributed by atoms with Gasteiger partial charge in [0.1, 0.15) is 23.1 Å². The lowest BCUT2D eigenvalue weighted by Crippen LogP contribution is -2.16. The van der Waals surface area contributed by atoms with Crippen molar-refractivity contribution in [1.29, 1.82) is 0 Å². The Morgan fingerprint density at radius 2 is 1.98 bits per heavy atom. The van der Waals surface area contributed by atoms with E-state index in [1.807, 2.05) is 6.92 Å². The Hall–Kier alpha value is -4.58. The lowest BCUT2D eigenvalue weighted by Gasteiger charge is -2.16. The van der Waals surface area contributed by atoms with E-state index in [2.05, 4.69) is 27.2 Å². The van der Waals surface area contributed by atoms with Gasteiger partial charge in [0.05, 0.1) is 38.8 Å². The molecule has 3 heterocycles. The third-order valence-electron chi connectivity index (χ3n) is 6.97. The van der Waals surface area contributed by atoms with Gasteiger partial charge in [-0.3, -0.25) is 9.67 Å². The summed E-state index contributed by atoms with van der Waals surface area (Å²) < 4.78 is 42.4. The highest BCUT2D eigenvalue weighted by Crippen LogP contribution is 2.44. The number of hydrogen-bond donors (Lipinski definition) is 3. The first-order valence-corrected chi connectivity index (χ1v) is 13.7. The molecule has 0 saturated heterocycles. The molecule has 3 aromatic heterocycles. The molecule has 220 valence electrons. The Bertz CT molecular complexity index is 1580. The van der Waals surface area contributed by atoms with E-state index in [-0.39, 0.29) is 30.4 Å². The Balaban J connectivity index is 1.51. The molecule has 1 aliphatic carbocycles. The number of pyridine rings is 1. The van der Waals surface area contributed by atoms with Crippen LogP contribution in [0.5, 0.6) is 11.5 Å². The van der Waals surface area contributed by atoms with Crippen molar-refractivity contribution in [2.45, 2.75) is 39.2 Å². The molecule has 5 rings (SSSR count). The molecule has 42 heavy (non-hydrogen) atoms. The third kappa shape index (κ3) is 6.03. The topological polar surface area (TPSA) is 119 Å². The minimum atomic E-state index is -0.690. The quantitative estimate of drug-likeness (QED) is 0.203. The van der Waals surface area contributed by atoms with Crippen molar-refractivity contribution >= 4 is 17.2 Å². The lowest BCUT2D eigenvalue weighted by atomic mass is 10.1. The van der Waals surface area contributed by atoms with E-state index in [4.69, 9.17) is 19.6 Å². The molecule has 0 aliphatic heterocycles. The minimum Gasteiger partial charge on any atom is -0.494 e. The van der Waals surface area contributed by atoms with Crippen LogP contribution in [-0.2, 0) is 6.54 Å². The Morgan fingerprint density at radius 3 is 2.64 bits per heavy atom. The first-order valence-electron chi connectivity index (χ1n) is 13.7. The normalized spacial score (nSPS) is 12.7. The molecule has 4 aromatic rings. The van der Waals surface area contributed by atoms with Gasteiger partial charge in [-0.25, -0.2) is 18.7 Å². The van der Waals surface area contributed by atoms with E-state index in [1.54, 1.807) is 36.3 Å². The van der Waals surface area contributed by atoms with E-state index in [0.29, 0.717) is 53.2 Å². The van der Waals surface area contributed by atoms with Gasteiger partial charge in [0.15, 0.2) is 17.4 Å². The smallest absolute Gasteiger partial charge is 0.182 e. The molecule has 10 nitrogen and oxygen atoms in total. The summed E-state index contributed by atoms with van der Waals surface area (Å²) in [7, 11) is 1.52. The first kappa shape index (κ1) is 28.9. The first-order chi connectivity index (χ1) is 20.3. The molecule has 12 heteroatoms. The summed E-state index contributed by atoms with van der Waals surface area (Å²) >= 11 is 0. The highest BCUT2D eigenvalue weighted by molar-refractivity contribution is 5.77. The SMILES string of the molecule is C=C(NCCO)c1cnccc1Nc1nc(-c2nn(Cc3c(F)cc(OCC)cc3F)c(C3CC3)c2C)ncc1OC. The molecule has 0 atom stereocenters. The van der Waals surface area contributed by atoms with Crippen LogP contribution < -0.4 is 20.1 Å². The van der Waals surface area contributed by atoms with Crippen molar-refractivity contribution in [3.8, 4) is 23.0 Å². The molecule has 1 aromatic carbocycles. The van der Waals surface area contributed by atoms with E-state index in [1.165, 1.54) is 19.2 Å². The fraction of sp³-hybridized carbons (Fsp3) is 0.333. The van der Waals surface area contributed by atoms with Crippen molar-refractivity contribution < 1.29 is 23.4 Å². The predicted molar refractivity (Wildman–Crippen MR) is 155 cm³/mol. The second-order valence-corrected chi connectivity index (χ2v) is 9.88. The number of halogens is 2. The molecule has 1 saturated carbocycles. The zero-order chi connectivity index (χ0) is 29.8. The summed E-state index contributed by atoms with van der Waals surface area (Å²) in [5, 5.41) is 20.3. The number of anilines is 2. The second kappa shape index (κ2) is 12.5. The summed E-state index contributed by atoms with van der Waals surface area (Å²) in [6.07, 6.45) is 6.76. The largest absolute Gasteiger partial charge is 0.494 e. The van der Waals surface area contributed by atoms with Crippen molar-refractivity contribution in [3.05, 3.63) is 77.4 Å². The van der Waals surface area contributed by atoms with Crippen LogP contribution in [0.2, 0.25) is 0 Å². The van der Waals surface area contributed by atoms with Gasteiger partial charge in [0.2, 0.25) is 0 Å².